The van der Waals surface area contributed by atoms with E-state index in [0.29, 0.717) is 17.2 Å². The SMILES string of the molecule is CC(C)CCNS(=O)(=O)c1ccc2c(c1)sc(=O)n2C(C)C. The predicted octanol–water partition coefficient (Wildman–Crippen LogP) is 2.97. The van der Waals surface area contributed by atoms with Crippen molar-refractivity contribution in [1.29, 1.82) is 0 Å². The van der Waals surface area contributed by atoms with Crippen molar-refractivity contribution in [3.63, 3.8) is 0 Å². The molecule has 0 unspecified atom stereocenters. The Bertz CT molecular complexity index is 817. The highest BCUT2D eigenvalue weighted by molar-refractivity contribution is 7.89. The van der Waals surface area contributed by atoms with Crippen LogP contribution in [0, 0.1) is 5.92 Å². The van der Waals surface area contributed by atoms with Crippen molar-refractivity contribution in [2.75, 3.05) is 6.54 Å². The normalized spacial score (nSPS) is 12.6. The molecular formula is C15H22N2O3S2. The first-order valence-corrected chi connectivity index (χ1v) is 9.67. The third kappa shape index (κ3) is 3.59. The largest absolute Gasteiger partial charge is 0.308 e. The molecule has 122 valence electrons. The molecule has 0 bridgehead atoms. The summed E-state index contributed by atoms with van der Waals surface area (Å²) in [5.74, 6) is 0.440. The summed E-state index contributed by atoms with van der Waals surface area (Å²) in [5.41, 5.74) is 0.783. The number of hydrogen-bond donors (Lipinski definition) is 1. The maximum Gasteiger partial charge on any atom is 0.308 e. The van der Waals surface area contributed by atoms with Gasteiger partial charge in [0.2, 0.25) is 10.0 Å². The Hall–Kier alpha value is -1.18. The molecule has 0 amide bonds. The molecule has 1 aromatic carbocycles. The van der Waals surface area contributed by atoms with Crippen LogP contribution in [0.15, 0.2) is 27.9 Å². The Kier molecular flexibility index (Phi) is 5.09. The third-order valence-electron chi connectivity index (χ3n) is 3.43. The van der Waals surface area contributed by atoms with Crippen LogP contribution in [0.3, 0.4) is 0 Å². The van der Waals surface area contributed by atoms with E-state index in [2.05, 4.69) is 4.72 Å². The van der Waals surface area contributed by atoms with Crippen molar-refractivity contribution in [1.82, 2.24) is 9.29 Å². The molecule has 2 aromatic rings. The minimum Gasteiger partial charge on any atom is -0.296 e. The van der Waals surface area contributed by atoms with Gasteiger partial charge < -0.3 is 0 Å². The Labute approximate surface area is 135 Å². The van der Waals surface area contributed by atoms with Crippen LogP contribution >= 0.6 is 11.3 Å². The van der Waals surface area contributed by atoms with Gasteiger partial charge in [0.25, 0.3) is 0 Å². The van der Waals surface area contributed by atoms with E-state index >= 15 is 0 Å². The van der Waals surface area contributed by atoms with Gasteiger partial charge in [-0.2, -0.15) is 0 Å². The van der Waals surface area contributed by atoms with Crippen LogP contribution in [0.2, 0.25) is 0 Å². The molecule has 0 aliphatic heterocycles. The number of nitrogens with one attached hydrogen (secondary N) is 1. The Balaban J connectivity index is 2.35. The number of hydrogen-bond acceptors (Lipinski definition) is 4. The fourth-order valence-corrected chi connectivity index (χ4v) is 4.44. The summed E-state index contributed by atoms with van der Waals surface area (Å²) in [6.45, 7) is 8.39. The average molecular weight is 342 g/mol. The molecule has 0 radical (unpaired) electrons. The van der Waals surface area contributed by atoms with E-state index in [4.69, 9.17) is 0 Å². The van der Waals surface area contributed by atoms with Gasteiger partial charge in [-0.15, -0.1) is 0 Å². The van der Waals surface area contributed by atoms with E-state index < -0.39 is 10.0 Å². The van der Waals surface area contributed by atoms with E-state index in [9.17, 15) is 13.2 Å². The van der Waals surface area contributed by atoms with Gasteiger partial charge >= 0.3 is 4.87 Å². The molecule has 1 aromatic heterocycles. The summed E-state index contributed by atoms with van der Waals surface area (Å²) < 4.78 is 29.6. The standard InChI is InChI=1S/C15H22N2O3S2/c1-10(2)7-8-16-22(19,20)12-5-6-13-14(9-12)21-15(18)17(13)11(3)4/h5-6,9-11,16H,7-8H2,1-4H3. The lowest BCUT2D eigenvalue weighted by Gasteiger charge is -2.10. The van der Waals surface area contributed by atoms with Gasteiger partial charge in [0.1, 0.15) is 0 Å². The first-order chi connectivity index (χ1) is 10.2. The minimum absolute atomic E-state index is 0.0490. The zero-order chi connectivity index (χ0) is 16.5. The first kappa shape index (κ1) is 17.2. The fraction of sp³-hybridized carbons (Fsp3) is 0.533. The molecule has 1 heterocycles. The Morgan fingerprint density at radius 1 is 1.23 bits per heavy atom. The van der Waals surface area contributed by atoms with Crippen molar-refractivity contribution in [3.8, 4) is 0 Å². The second kappa shape index (κ2) is 6.52. The summed E-state index contributed by atoms with van der Waals surface area (Å²) in [5, 5.41) is 0. The van der Waals surface area contributed by atoms with Gasteiger partial charge in [0.15, 0.2) is 0 Å². The van der Waals surface area contributed by atoms with Gasteiger partial charge in [-0.1, -0.05) is 25.2 Å². The molecule has 0 fully saturated rings. The molecule has 5 nitrogen and oxygen atoms in total. The second-order valence-corrected chi connectivity index (χ2v) is 8.80. The van der Waals surface area contributed by atoms with Crippen molar-refractivity contribution in [2.45, 2.75) is 45.1 Å². The van der Waals surface area contributed by atoms with Gasteiger partial charge in [-0.25, -0.2) is 13.1 Å². The smallest absolute Gasteiger partial charge is 0.296 e. The topological polar surface area (TPSA) is 68.2 Å². The van der Waals surface area contributed by atoms with Gasteiger partial charge in [0.05, 0.1) is 15.1 Å². The minimum atomic E-state index is -3.53. The van der Waals surface area contributed by atoms with E-state index in [0.717, 1.165) is 23.3 Å². The maximum atomic E-state index is 12.3. The van der Waals surface area contributed by atoms with Crippen LogP contribution in [-0.4, -0.2) is 19.5 Å². The fourth-order valence-electron chi connectivity index (χ4n) is 2.24. The lowest BCUT2D eigenvalue weighted by atomic mass is 10.1. The van der Waals surface area contributed by atoms with E-state index in [1.54, 1.807) is 22.8 Å². The van der Waals surface area contributed by atoms with Crippen LogP contribution in [0.4, 0.5) is 0 Å². The van der Waals surface area contributed by atoms with Crippen LogP contribution < -0.4 is 9.60 Å². The molecule has 1 N–H and O–H groups in total. The number of nitrogens with zero attached hydrogens (tertiary/aromatic N) is 1. The molecule has 0 aliphatic rings. The molecule has 0 aliphatic carbocycles. The summed E-state index contributed by atoms with van der Waals surface area (Å²) in [4.78, 5) is 12.2. The molecule has 22 heavy (non-hydrogen) atoms. The Morgan fingerprint density at radius 2 is 1.91 bits per heavy atom. The molecule has 0 spiro atoms. The lowest BCUT2D eigenvalue weighted by molar-refractivity contribution is 0.551. The van der Waals surface area contributed by atoms with Crippen molar-refractivity contribution in [3.05, 3.63) is 27.9 Å². The zero-order valence-corrected chi connectivity index (χ0v) is 14.9. The van der Waals surface area contributed by atoms with Crippen molar-refractivity contribution in [2.24, 2.45) is 5.92 Å². The van der Waals surface area contributed by atoms with Crippen LogP contribution in [0.25, 0.3) is 10.2 Å². The molecule has 0 atom stereocenters. The number of thiazole rings is 1. The second-order valence-electron chi connectivity index (χ2n) is 6.04. The van der Waals surface area contributed by atoms with Crippen LogP contribution in [-0.2, 0) is 10.0 Å². The summed E-state index contributed by atoms with van der Waals surface area (Å²) in [7, 11) is -3.53. The summed E-state index contributed by atoms with van der Waals surface area (Å²) in [6.07, 6.45) is 0.790. The van der Waals surface area contributed by atoms with Gasteiger partial charge in [-0.3, -0.25) is 9.36 Å². The number of benzene rings is 1. The predicted molar refractivity (Wildman–Crippen MR) is 91.1 cm³/mol. The van der Waals surface area contributed by atoms with Crippen LogP contribution in [0.1, 0.15) is 40.2 Å². The van der Waals surface area contributed by atoms with Crippen molar-refractivity contribution >= 4 is 31.6 Å². The monoisotopic (exact) mass is 342 g/mol. The van der Waals surface area contributed by atoms with Gasteiger partial charge in [0, 0.05) is 12.6 Å². The average Bonchev–Trinajstić information content (AvgIpc) is 2.72. The third-order valence-corrected chi connectivity index (χ3v) is 5.80. The quantitative estimate of drug-likeness (QED) is 0.877. The number of fused-ring (bicyclic) bond motifs is 1. The van der Waals surface area contributed by atoms with Gasteiger partial charge in [-0.05, 0) is 44.4 Å². The van der Waals surface area contributed by atoms with E-state index in [1.165, 1.54) is 0 Å². The molecular weight excluding hydrogens is 320 g/mol. The summed E-state index contributed by atoms with van der Waals surface area (Å²) in [6, 6.07) is 4.90. The lowest BCUT2D eigenvalue weighted by Crippen LogP contribution is -2.25. The highest BCUT2D eigenvalue weighted by Crippen LogP contribution is 2.23. The summed E-state index contributed by atoms with van der Waals surface area (Å²) >= 11 is 1.08. The zero-order valence-electron chi connectivity index (χ0n) is 13.3. The highest BCUT2D eigenvalue weighted by Gasteiger charge is 2.17. The molecule has 0 saturated carbocycles. The molecule has 2 rings (SSSR count). The molecule has 0 saturated heterocycles. The van der Waals surface area contributed by atoms with E-state index in [-0.39, 0.29) is 15.8 Å². The van der Waals surface area contributed by atoms with Crippen LogP contribution in [0.5, 0.6) is 0 Å². The van der Waals surface area contributed by atoms with E-state index in [1.807, 2.05) is 27.7 Å². The Morgan fingerprint density at radius 3 is 2.50 bits per heavy atom. The number of aromatic nitrogens is 1. The highest BCUT2D eigenvalue weighted by atomic mass is 32.2. The number of rotatable bonds is 6. The van der Waals surface area contributed by atoms with Crippen molar-refractivity contribution < 1.29 is 8.42 Å². The maximum absolute atomic E-state index is 12.3. The first-order valence-electron chi connectivity index (χ1n) is 7.37. The molecule has 7 heteroatoms. The number of sulfonamides is 1.